The van der Waals surface area contributed by atoms with Crippen molar-refractivity contribution in [3.05, 3.63) is 34.6 Å². The predicted molar refractivity (Wildman–Crippen MR) is 55.0 cm³/mol. The topological polar surface area (TPSA) is 17.1 Å². The predicted octanol–water partition coefficient (Wildman–Crippen LogP) is 3.25. The lowest BCUT2D eigenvalue weighted by Gasteiger charge is -2.06. The molecule has 0 fully saturated rings. The Morgan fingerprint density at radius 1 is 1.57 bits per heavy atom. The summed E-state index contributed by atoms with van der Waals surface area (Å²) >= 11 is 5.76. The molecule has 0 saturated carbocycles. The monoisotopic (exact) mass is 214 g/mol. The Morgan fingerprint density at radius 3 is 2.93 bits per heavy atom. The van der Waals surface area contributed by atoms with Gasteiger partial charge in [0.05, 0.1) is 5.02 Å². The molecule has 1 unspecified atom stereocenters. The highest BCUT2D eigenvalue weighted by molar-refractivity contribution is 6.31. The van der Waals surface area contributed by atoms with Gasteiger partial charge in [0.25, 0.3) is 0 Å². The molecule has 0 aliphatic carbocycles. The number of hydrogen-bond donors (Lipinski definition) is 0. The Labute approximate surface area is 87.9 Å². The highest BCUT2D eigenvalue weighted by Crippen LogP contribution is 2.21. The van der Waals surface area contributed by atoms with E-state index in [0.717, 1.165) is 11.8 Å². The zero-order chi connectivity index (χ0) is 10.6. The Hall–Kier alpha value is -0.890. The minimum atomic E-state index is -0.400. The lowest BCUT2D eigenvalue weighted by molar-refractivity contribution is -0.110. The molecule has 1 aromatic rings. The summed E-state index contributed by atoms with van der Waals surface area (Å²) in [4.78, 5) is 10.4. The minimum absolute atomic E-state index is 0.00525. The van der Waals surface area contributed by atoms with Crippen LogP contribution in [0, 0.1) is 11.7 Å². The van der Waals surface area contributed by atoms with E-state index in [1.54, 1.807) is 12.1 Å². The number of carbonyl (C=O) groups excluding carboxylic acids is 1. The maximum absolute atomic E-state index is 13.0. The molecule has 0 amide bonds. The second-order valence-electron chi connectivity index (χ2n) is 3.36. The van der Waals surface area contributed by atoms with E-state index in [0.29, 0.717) is 12.8 Å². The second-order valence-corrected chi connectivity index (χ2v) is 3.74. The number of aldehydes is 1. The van der Waals surface area contributed by atoms with Gasteiger partial charge in [-0.2, -0.15) is 0 Å². The Kier molecular flexibility index (Phi) is 4.08. The highest BCUT2D eigenvalue weighted by atomic mass is 35.5. The van der Waals surface area contributed by atoms with Crippen LogP contribution in [0.2, 0.25) is 5.02 Å². The van der Waals surface area contributed by atoms with Gasteiger partial charge < -0.3 is 4.79 Å². The van der Waals surface area contributed by atoms with E-state index in [9.17, 15) is 9.18 Å². The normalized spacial score (nSPS) is 12.5. The molecule has 3 heteroatoms. The summed E-state index contributed by atoms with van der Waals surface area (Å²) < 4.78 is 13.0. The third-order valence-corrected chi connectivity index (χ3v) is 2.56. The minimum Gasteiger partial charge on any atom is -0.303 e. The Balaban J connectivity index is 2.67. The van der Waals surface area contributed by atoms with Gasteiger partial charge in [-0.15, -0.1) is 0 Å². The molecular weight excluding hydrogens is 203 g/mol. The van der Waals surface area contributed by atoms with Gasteiger partial charge >= 0.3 is 0 Å². The van der Waals surface area contributed by atoms with Gasteiger partial charge in [-0.25, -0.2) is 4.39 Å². The van der Waals surface area contributed by atoms with Gasteiger partial charge in [0.2, 0.25) is 0 Å². The molecule has 0 aromatic heterocycles. The summed E-state index contributed by atoms with van der Waals surface area (Å²) in [7, 11) is 0. The van der Waals surface area contributed by atoms with Gasteiger partial charge in [-0.1, -0.05) is 30.7 Å². The molecule has 0 spiro atoms. The van der Waals surface area contributed by atoms with E-state index < -0.39 is 5.82 Å². The van der Waals surface area contributed by atoms with E-state index in [1.807, 2.05) is 6.92 Å². The van der Waals surface area contributed by atoms with Crippen LogP contribution in [0.1, 0.15) is 18.9 Å². The van der Waals surface area contributed by atoms with Crippen molar-refractivity contribution in [2.24, 2.45) is 5.92 Å². The first kappa shape index (κ1) is 11.2. The van der Waals surface area contributed by atoms with Crippen molar-refractivity contribution >= 4 is 17.9 Å². The average molecular weight is 215 g/mol. The zero-order valence-corrected chi connectivity index (χ0v) is 8.72. The van der Waals surface area contributed by atoms with Crippen molar-refractivity contribution in [3.8, 4) is 0 Å². The van der Waals surface area contributed by atoms with Crippen LogP contribution in [0.4, 0.5) is 4.39 Å². The van der Waals surface area contributed by atoms with Crippen molar-refractivity contribution in [1.82, 2.24) is 0 Å². The fourth-order valence-electron chi connectivity index (χ4n) is 1.19. The molecule has 14 heavy (non-hydrogen) atoms. The molecule has 0 N–H and O–H groups in total. The maximum Gasteiger partial charge on any atom is 0.142 e. The van der Waals surface area contributed by atoms with Crippen molar-refractivity contribution in [2.75, 3.05) is 0 Å². The summed E-state index contributed by atoms with van der Waals surface area (Å²) in [5, 5.41) is 0.172. The molecule has 0 radical (unpaired) electrons. The van der Waals surface area contributed by atoms with E-state index in [2.05, 4.69) is 0 Å². The van der Waals surface area contributed by atoms with Gasteiger partial charge in [-0.3, -0.25) is 0 Å². The molecule has 76 valence electrons. The first-order valence-corrected chi connectivity index (χ1v) is 4.91. The van der Waals surface area contributed by atoms with E-state index in [-0.39, 0.29) is 10.9 Å². The third-order valence-electron chi connectivity index (χ3n) is 2.13. The summed E-state index contributed by atoms with van der Waals surface area (Å²) in [5.74, 6) is -0.405. The fourth-order valence-corrected chi connectivity index (χ4v) is 1.41. The van der Waals surface area contributed by atoms with E-state index >= 15 is 0 Å². The van der Waals surface area contributed by atoms with Crippen LogP contribution in [0.25, 0.3) is 0 Å². The van der Waals surface area contributed by atoms with Gasteiger partial charge in [0, 0.05) is 5.92 Å². The standard InChI is InChI=1S/C11H12ClFO/c1-8(7-14)5-6-9-3-2-4-10(13)11(9)12/h2-4,7-8H,5-6H2,1H3. The fraction of sp³-hybridized carbons (Fsp3) is 0.364. The third kappa shape index (κ3) is 2.81. The van der Waals surface area contributed by atoms with E-state index in [4.69, 9.17) is 11.6 Å². The molecule has 0 aliphatic rings. The molecule has 0 aliphatic heterocycles. The van der Waals surface area contributed by atoms with Crippen LogP contribution in [0.5, 0.6) is 0 Å². The molecule has 1 atom stereocenters. The van der Waals surface area contributed by atoms with Gasteiger partial charge in [-0.05, 0) is 24.5 Å². The van der Waals surface area contributed by atoms with Crippen LogP contribution < -0.4 is 0 Å². The quantitative estimate of drug-likeness (QED) is 0.704. The van der Waals surface area contributed by atoms with Crippen molar-refractivity contribution in [3.63, 3.8) is 0 Å². The number of aryl methyl sites for hydroxylation is 1. The molecule has 1 aromatic carbocycles. The highest BCUT2D eigenvalue weighted by Gasteiger charge is 2.07. The average Bonchev–Trinajstić information content (AvgIpc) is 2.20. The molecular formula is C11H12ClFO. The molecule has 0 bridgehead atoms. The molecule has 1 rings (SSSR count). The summed E-state index contributed by atoms with van der Waals surface area (Å²) in [6, 6.07) is 4.74. The van der Waals surface area contributed by atoms with Gasteiger partial charge in [0.1, 0.15) is 12.1 Å². The van der Waals surface area contributed by atoms with Crippen LogP contribution in [-0.4, -0.2) is 6.29 Å². The van der Waals surface area contributed by atoms with E-state index in [1.165, 1.54) is 6.07 Å². The molecule has 1 nitrogen and oxygen atoms in total. The summed E-state index contributed by atoms with van der Waals surface area (Å²) in [6.45, 7) is 1.83. The van der Waals surface area contributed by atoms with Crippen LogP contribution in [0.15, 0.2) is 18.2 Å². The van der Waals surface area contributed by atoms with Crippen LogP contribution in [-0.2, 0) is 11.2 Å². The largest absolute Gasteiger partial charge is 0.303 e. The first-order chi connectivity index (χ1) is 6.65. The van der Waals surface area contributed by atoms with Gasteiger partial charge in [0.15, 0.2) is 0 Å². The van der Waals surface area contributed by atoms with Crippen LogP contribution >= 0.6 is 11.6 Å². The maximum atomic E-state index is 13.0. The number of hydrogen-bond acceptors (Lipinski definition) is 1. The lowest BCUT2D eigenvalue weighted by atomic mass is 10.0. The summed E-state index contributed by atoms with van der Waals surface area (Å²) in [6.07, 6.45) is 2.23. The first-order valence-electron chi connectivity index (χ1n) is 4.53. The number of carbonyl (C=O) groups is 1. The zero-order valence-electron chi connectivity index (χ0n) is 7.97. The smallest absolute Gasteiger partial charge is 0.142 e. The Morgan fingerprint density at radius 2 is 2.29 bits per heavy atom. The molecule has 0 heterocycles. The Bertz CT molecular complexity index is 325. The number of benzene rings is 1. The van der Waals surface area contributed by atoms with Crippen LogP contribution in [0.3, 0.4) is 0 Å². The summed E-state index contributed by atoms with van der Waals surface area (Å²) in [5.41, 5.74) is 0.764. The SMILES string of the molecule is CC(C=O)CCc1cccc(F)c1Cl. The molecule has 0 saturated heterocycles. The number of halogens is 2. The van der Waals surface area contributed by atoms with Crippen molar-refractivity contribution < 1.29 is 9.18 Å². The van der Waals surface area contributed by atoms with Crippen molar-refractivity contribution in [2.45, 2.75) is 19.8 Å². The number of rotatable bonds is 4. The van der Waals surface area contributed by atoms with Crippen molar-refractivity contribution in [1.29, 1.82) is 0 Å². The second kappa shape index (κ2) is 5.11. The lowest BCUT2D eigenvalue weighted by Crippen LogP contribution is -1.99.